The van der Waals surface area contributed by atoms with Crippen LogP contribution in [0.1, 0.15) is 60.5 Å². The molecule has 0 saturated carbocycles. The molecule has 0 radical (unpaired) electrons. The molecule has 94 heavy (non-hydrogen) atoms. The van der Waals surface area contributed by atoms with Crippen molar-refractivity contribution in [3.63, 3.8) is 0 Å². The van der Waals surface area contributed by atoms with E-state index in [4.69, 9.17) is 31.1 Å². The van der Waals surface area contributed by atoms with Gasteiger partial charge in [-0.15, -0.1) is 0 Å². The number of carbonyl (C=O) groups is 4. The molecular weight excluding hydrogens is 1200 g/mol. The van der Waals surface area contributed by atoms with Gasteiger partial charge in [0.15, 0.2) is 34.5 Å². The number of nitrogen functional groups attached to an aromatic ring is 3. The fourth-order valence-corrected chi connectivity index (χ4v) is 8.61. The van der Waals surface area contributed by atoms with Crippen LogP contribution < -0.4 is 47.9 Å². The van der Waals surface area contributed by atoms with Gasteiger partial charge in [-0.2, -0.15) is 5.10 Å². The first-order valence-corrected chi connectivity index (χ1v) is 28.3. The van der Waals surface area contributed by atoms with E-state index in [1.165, 1.54) is 38.4 Å². The second-order valence-corrected chi connectivity index (χ2v) is 19.7. The number of methoxy groups -OCH3 is 2. The largest absolute Gasteiger partial charge is 0.495 e. The molecule has 8 aromatic heterocycles. The number of nitrogens with one attached hydrogen (secondary N) is 5. The molecule has 0 saturated heterocycles. The number of furan rings is 1. The van der Waals surface area contributed by atoms with E-state index in [1.807, 2.05) is 91.0 Å². The van der Waals surface area contributed by atoms with Crippen LogP contribution in [0.25, 0.3) is 55.9 Å². The highest BCUT2D eigenvalue weighted by Crippen LogP contribution is 2.27. The van der Waals surface area contributed by atoms with Crippen LogP contribution in [0.5, 0.6) is 11.6 Å². The molecule has 27 nitrogen and oxygen atoms in total. The van der Waals surface area contributed by atoms with Gasteiger partial charge in [-0.3, -0.25) is 29.3 Å². The number of aromatic amines is 1. The summed E-state index contributed by atoms with van der Waals surface area (Å²) in [5, 5.41) is 18.9. The summed E-state index contributed by atoms with van der Waals surface area (Å²) in [5.41, 5.74) is 27.0. The maximum Gasteiger partial charge on any atom is 0.278 e. The second-order valence-electron chi connectivity index (χ2n) is 19.7. The van der Waals surface area contributed by atoms with Crippen molar-refractivity contribution >= 4 is 74.7 Å². The summed E-state index contributed by atoms with van der Waals surface area (Å²) in [5.74, 6) is -0.375. The summed E-state index contributed by atoms with van der Waals surface area (Å²) in [6, 6.07) is 45.4. The van der Waals surface area contributed by atoms with Crippen molar-refractivity contribution in [2.45, 2.75) is 6.92 Å². The van der Waals surface area contributed by atoms with Crippen molar-refractivity contribution in [2.75, 3.05) is 52.7 Å². The number of H-pyrrole nitrogens is 1. The molecule has 0 unspecified atom stereocenters. The van der Waals surface area contributed by atoms with Crippen LogP contribution >= 0.6 is 0 Å². The van der Waals surface area contributed by atoms with Gasteiger partial charge < -0.3 is 52.4 Å². The topological polar surface area (TPSA) is 397 Å². The van der Waals surface area contributed by atoms with Gasteiger partial charge in [0.25, 0.3) is 23.6 Å². The zero-order valence-electron chi connectivity index (χ0n) is 50.2. The summed E-state index contributed by atoms with van der Waals surface area (Å²) in [7, 11) is 3.07. The highest BCUT2D eigenvalue weighted by molar-refractivity contribution is 6.08. The number of nitrogens with two attached hydrogens (primary N) is 3. The number of carbonyl (C=O) groups excluding carboxylic acids is 4. The molecule has 484 valence electrons. The number of hydrogen-bond acceptors (Lipinski definition) is 22. The van der Waals surface area contributed by atoms with Gasteiger partial charge in [0.1, 0.15) is 17.8 Å². The Kier molecular flexibility index (Phi) is 20.5. The van der Waals surface area contributed by atoms with E-state index >= 15 is 0 Å². The average Bonchev–Trinajstić information content (AvgIpc) is 1.82. The third kappa shape index (κ3) is 16.3. The first-order chi connectivity index (χ1) is 45.8. The summed E-state index contributed by atoms with van der Waals surface area (Å²) < 4.78 is 15.3. The van der Waals surface area contributed by atoms with Gasteiger partial charge in [0.05, 0.1) is 97.4 Å². The van der Waals surface area contributed by atoms with Crippen molar-refractivity contribution in [3.05, 3.63) is 249 Å². The minimum Gasteiger partial charge on any atom is -0.495 e. The van der Waals surface area contributed by atoms with Crippen LogP contribution in [0.3, 0.4) is 0 Å². The molecular formula is C67H74N20O7. The molecule has 8 heterocycles. The second kappa shape index (κ2) is 30.5. The third-order valence-corrected chi connectivity index (χ3v) is 13.3. The van der Waals surface area contributed by atoms with E-state index in [2.05, 4.69) is 86.3 Å². The Morgan fingerprint density at radius 2 is 0.947 bits per heavy atom. The Hall–Kier alpha value is -13.7. The minimum absolute atomic E-state index is 0. The molecule has 0 bridgehead atoms. The van der Waals surface area contributed by atoms with Gasteiger partial charge >= 0.3 is 0 Å². The van der Waals surface area contributed by atoms with Crippen molar-refractivity contribution in [3.8, 4) is 56.7 Å². The fraction of sp³-hybridized carbons (Fsp3) is 0.0448. The maximum absolute atomic E-state index is 12.5. The first kappa shape index (κ1) is 63.3. The SMILES string of the molecule is COc1cc(-c2cnc(C)c(C(=O)Nc3ccccc3)n2)ccn1.COc1ccccc1NC(=O)c1nc(-c2ccoc2)cnc1N.Nc1ncc(-c2ccc3[nH]ncc3c2)nc1C(=O)Nc1ccccc1.Nc1ncc(-c2cncnc2)nc1C(=O)Nc1ccccc1.[HH].[HH].[HH].[HH].[HH].[HH].[HH].[HH].[HH]. The summed E-state index contributed by atoms with van der Waals surface area (Å²) in [4.78, 5) is 95.4. The predicted octanol–water partition coefficient (Wildman–Crippen LogP) is 12.5. The Labute approximate surface area is 548 Å². The lowest BCUT2D eigenvalue weighted by molar-refractivity contribution is 0.101. The van der Waals surface area contributed by atoms with E-state index in [-0.39, 0.29) is 59.0 Å². The lowest BCUT2D eigenvalue weighted by Crippen LogP contribution is -2.17. The minimum atomic E-state index is -0.468. The van der Waals surface area contributed by atoms with Crippen molar-refractivity contribution < 1.29 is 45.9 Å². The van der Waals surface area contributed by atoms with E-state index in [9.17, 15) is 19.2 Å². The summed E-state index contributed by atoms with van der Waals surface area (Å²) >= 11 is 0. The number of aromatic nitrogens is 13. The van der Waals surface area contributed by atoms with Crippen LogP contribution in [-0.4, -0.2) is 103 Å². The molecule has 0 aliphatic heterocycles. The molecule has 0 fully saturated rings. The number of benzene rings is 5. The molecule has 0 aliphatic carbocycles. The highest BCUT2D eigenvalue weighted by Gasteiger charge is 2.20. The molecule has 13 aromatic rings. The number of ether oxygens (including phenoxy) is 2. The molecule has 0 spiro atoms. The van der Waals surface area contributed by atoms with Gasteiger partial charge in [-0.1, -0.05) is 72.8 Å². The number of pyridine rings is 1. The van der Waals surface area contributed by atoms with Gasteiger partial charge in [0, 0.05) is 82.2 Å². The Morgan fingerprint density at radius 3 is 1.48 bits per heavy atom. The number of amides is 4. The van der Waals surface area contributed by atoms with Gasteiger partial charge in [-0.25, -0.2) is 49.8 Å². The lowest BCUT2D eigenvalue weighted by atomic mass is 10.1. The third-order valence-electron chi connectivity index (χ3n) is 13.3. The molecule has 0 atom stereocenters. The van der Waals surface area contributed by atoms with Crippen LogP contribution in [0, 0.1) is 6.92 Å². The molecule has 4 amide bonds. The van der Waals surface area contributed by atoms with Gasteiger partial charge in [0.2, 0.25) is 5.88 Å². The van der Waals surface area contributed by atoms with Crippen LogP contribution in [0.15, 0.2) is 225 Å². The van der Waals surface area contributed by atoms with Crippen LogP contribution in [-0.2, 0) is 0 Å². The number of anilines is 7. The standard InChI is InChI=1S/C18H14N6O.C18H16N4O2.C16H14N4O3.C15H12N6O.9H2/c19-17-16(18(25)22-13-4-2-1-3-5-13)23-15(10-20-17)11-6-7-14-12(8-11)9-21-24-14;1-12-17(18(23)21-14-6-4-3-5-7-14)22-15(11-20-12)13-8-9-19-16(10-13)24-2;1-22-13-5-3-2-4-11(13)20-16(21)14-15(17)18-8-12(19-14)10-6-7-23-9-10;16-14-13(15(22)20-11-4-2-1-3-5-11)21-12(8-19-14)10-6-17-9-18-7-10;;;;;;;;;/h1-10H,(H2,19,20)(H,21,24)(H,22,25);3-11H,1-2H3,(H,21,23);2-9H,1H3,(H2,17,18)(H,20,21);1-9H,(H2,16,19)(H,20,22);9*1H. The molecule has 5 aromatic carbocycles. The highest BCUT2D eigenvalue weighted by atomic mass is 16.5. The van der Waals surface area contributed by atoms with Crippen molar-refractivity contribution in [1.29, 1.82) is 0 Å². The van der Waals surface area contributed by atoms with Crippen LogP contribution in [0.2, 0.25) is 0 Å². The molecule has 0 aliphatic rings. The van der Waals surface area contributed by atoms with Crippen LogP contribution in [0.4, 0.5) is 40.2 Å². The smallest absolute Gasteiger partial charge is 0.278 e. The number of nitrogens with zero attached hydrogens (tertiary/aromatic N) is 12. The number of fused-ring (bicyclic) bond motifs is 1. The van der Waals surface area contributed by atoms with E-state index in [1.54, 1.807) is 112 Å². The Bertz CT molecular complexity index is 4790. The van der Waals surface area contributed by atoms with Crippen molar-refractivity contribution in [2.24, 2.45) is 0 Å². The predicted molar refractivity (Wildman–Crippen MR) is 373 cm³/mol. The summed E-state index contributed by atoms with van der Waals surface area (Å²) in [6.45, 7) is 1.75. The molecule has 11 N–H and O–H groups in total. The van der Waals surface area contributed by atoms with Gasteiger partial charge in [-0.05, 0) is 79.7 Å². The average molecular weight is 1270 g/mol. The Balaban J connectivity index is 0.000000668. The Morgan fingerprint density at radius 1 is 0.468 bits per heavy atom. The number of aryl methyl sites for hydroxylation is 1. The van der Waals surface area contributed by atoms with E-state index in [0.29, 0.717) is 74.0 Å². The normalized spacial score (nSPS) is 10.4. The zero-order chi connectivity index (χ0) is 65.8. The monoisotopic (exact) mass is 1270 g/mol. The first-order valence-electron chi connectivity index (χ1n) is 28.3. The maximum atomic E-state index is 12.5. The number of hydrogen-bond donors (Lipinski definition) is 8. The van der Waals surface area contributed by atoms with E-state index in [0.717, 1.165) is 22.0 Å². The van der Waals surface area contributed by atoms with Crippen molar-refractivity contribution in [1.82, 2.24) is 65.0 Å². The zero-order valence-corrected chi connectivity index (χ0v) is 50.2. The fourth-order valence-electron chi connectivity index (χ4n) is 8.61. The number of rotatable bonds is 14. The summed E-state index contributed by atoms with van der Waals surface area (Å²) in [6.07, 6.45) is 17.1. The van der Waals surface area contributed by atoms with E-state index < -0.39 is 17.7 Å². The molecule has 27 heteroatoms. The number of para-hydroxylation sites is 5. The molecule has 13 rings (SSSR count). The lowest BCUT2D eigenvalue weighted by Gasteiger charge is -2.10. The quantitative estimate of drug-likeness (QED) is 0.0501.